The quantitative estimate of drug-likeness (QED) is 0.512. The van der Waals surface area contributed by atoms with Gasteiger partial charge in [-0.2, -0.15) is 5.26 Å². The van der Waals surface area contributed by atoms with Crippen molar-refractivity contribution in [2.24, 2.45) is 0 Å². The van der Waals surface area contributed by atoms with Gasteiger partial charge in [-0.1, -0.05) is 34.1 Å². The molecule has 0 bridgehead atoms. The molecule has 0 spiro atoms. The molecular formula is C22H18BrN3O2S. The smallest absolute Gasteiger partial charge is 0.260 e. The van der Waals surface area contributed by atoms with E-state index in [1.165, 1.54) is 11.3 Å². The molecule has 1 atom stereocenters. The van der Waals surface area contributed by atoms with Gasteiger partial charge in [0.15, 0.2) is 5.13 Å². The van der Waals surface area contributed by atoms with Crippen LogP contribution in [0.15, 0.2) is 58.4 Å². The molecule has 4 rings (SSSR count). The number of rotatable bonds is 5. The molecule has 0 saturated carbocycles. The fourth-order valence-electron chi connectivity index (χ4n) is 3.26. The van der Waals surface area contributed by atoms with Gasteiger partial charge >= 0.3 is 0 Å². The van der Waals surface area contributed by atoms with Crippen molar-refractivity contribution in [3.8, 4) is 17.3 Å². The number of hydrogen-bond donors (Lipinski definition) is 0. The maximum Gasteiger partial charge on any atom is 0.260 e. The predicted octanol–water partition coefficient (Wildman–Crippen LogP) is 5.27. The zero-order valence-corrected chi connectivity index (χ0v) is 17.9. The van der Waals surface area contributed by atoms with Gasteiger partial charge < -0.3 is 4.74 Å². The number of nitriles is 1. The third-order valence-corrected chi connectivity index (χ3v) is 6.15. The van der Waals surface area contributed by atoms with E-state index in [4.69, 9.17) is 15.0 Å². The van der Waals surface area contributed by atoms with Gasteiger partial charge in [-0.15, -0.1) is 11.3 Å². The molecule has 0 N–H and O–H groups in total. The van der Waals surface area contributed by atoms with Crippen LogP contribution in [-0.4, -0.2) is 30.1 Å². The van der Waals surface area contributed by atoms with Crippen LogP contribution in [0.5, 0.6) is 0 Å². The molecule has 1 aromatic heterocycles. The first-order chi connectivity index (χ1) is 14.1. The lowest BCUT2D eigenvalue weighted by atomic mass is 10.1. The molecule has 1 fully saturated rings. The maximum atomic E-state index is 13.3. The molecule has 3 aromatic rings. The van der Waals surface area contributed by atoms with Gasteiger partial charge in [0.05, 0.1) is 30.0 Å². The van der Waals surface area contributed by atoms with Crippen molar-refractivity contribution in [3.05, 3.63) is 69.5 Å². The molecule has 1 amide bonds. The van der Waals surface area contributed by atoms with E-state index in [1.807, 2.05) is 29.6 Å². The SMILES string of the molecule is N#Cc1cccc(C(=O)N(C[C@H]2CCCO2)c2nc(-c3ccc(Br)cc3)cs2)c1. The van der Waals surface area contributed by atoms with Crippen LogP contribution in [0, 0.1) is 11.3 Å². The highest BCUT2D eigenvalue weighted by molar-refractivity contribution is 9.10. The van der Waals surface area contributed by atoms with Gasteiger partial charge in [0.1, 0.15) is 0 Å². The summed E-state index contributed by atoms with van der Waals surface area (Å²) in [6, 6.07) is 16.8. The summed E-state index contributed by atoms with van der Waals surface area (Å²) in [5, 5.41) is 11.8. The molecule has 0 aliphatic carbocycles. The summed E-state index contributed by atoms with van der Waals surface area (Å²) < 4.78 is 6.77. The van der Waals surface area contributed by atoms with Gasteiger partial charge in [-0.3, -0.25) is 9.69 Å². The Morgan fingerprint density at radius 2 is 2.14 bits per heavy atom. The van der Waals surface area contributed by atoms with E-state index in [0.717, 1.165) is 35.2 Å². The molecule has 1 aliphatic rings. The highest BCUT2D eigenvalue weighted by atomic mass is 79.9. The molecular weight excluding hydrogens is 450 g/mol. The van der Waals surface area contributed by atoms with Crippen LogP contribution in [0.25, 0.3) is 11.3 Å². The van der Waals surface area contributed by atoms with Crippen molar-refractivity contribution in [3.63, 3.8) is 0 Å². The van der Waals surface area contributed by atoms with Gasteiger partial charge in [-0.25, -0.2) is 4.98 Å². The predicted molar refractivity (Wildman–Crippen MR) is 117 cm³/mol. The van der Waals surface area contributed by atoms with E-state index >= 15 is 0 Å². The Balaban J connectivity index is 1.66. The Kier molecular flexibility index (Phi) is 6.05. The largest absolute Gasteiger partial charge is 0.376 e. The lowest BCUT2D eigenvalue weighted by Crippen LogP contribution is -2.37. The second-order valence-electron chi connectivity index (χ2n) is 6.77. The molecule has 146 valence electrons. The number of amides is 1. The highest BCUT2D eigenvalue weighted by Crippen LogP contribution is 2.30. The molecule has 0 radical (unpaired) electrons. The molecule has 2 aromatic carbocycles. The minimum Gasteiger partial charge on any atom is -0.376 e. The first-order valence-electron chi connectivity index (χ1n) is 9.29. The lowest BCUT2D eigenvalue weighted by Gasteiger charge is -2.23. The van der Waals surface area contributed by atoms with Crippen molar-refractivity contribution < 1.29 is 9.53 Å². The average Bonchev–Trinajstić information content (AvgIpc) is 3.44. The Morgan fingerprint density at radius 3 is 2.86 bits per heavy atom. The van der Waals surface area contributed by atoms with Gasteiger partial charge in [0, 0.05) is 27.6 Å². The van der Waals surface area contributed by atoms with Gasteiger partial charge in [0.25, 0.3) is 5.91 Å². The molecule has 1 saturated heterocycles. The van der Waals surface area contributed by atoms with Crippen LogP contribution < -0.4 is 4.90 Å². The number of halogens is 1. The fourth-order valence-corrected chi connectivity index (χ4v) is 4.36. The van der Waals surface area contributed by atoms with E-state index in [-0.39, 0.29) is 12.0 Å². The van der Waals surface area contributed by atoms with Crippen molar-refractivity contribution in [2.75, 3.05) is 18.1 Å². The molecule has 7 heteroatoms. The summed E-state index contributed by atoms with van der Waals surface area (Å²) in [6.07, 6.45) is 1.92. The third-order valence-electron chi connectivity index (χ3n) is 4.76. The summed E-state index contributed by atoms with van der Waals surface area (Å²) in [7, 11) is 0. The second-order valence-corrected chi connectivity index (χ2v) is 8.52. The van der Waals surface area contributed by atoms with E-state index in [2.05, 4.69) is 22.0 Å². The summed E-state index contributed by atoms with van der Waals surface area (Å²) in [6.45, 7) is 1.17. The van der Waals surface area contributed by atoms with Crippen LogP contribution >= 0.6 is 27.3 Å². The molecule has 0 unspecified atom stereocenters. The van der Waals surface area contributed by atoms with Gasteiger partial charge in [0.2, 0.25) is 0 Å². The van der Waals surface area contributed by atoms with E-state index < -0.39 is 0 Å². The number of nitrogens with zero attached hydrogens (tertiary/aromatic N) is 3. The summed E-state index contributed by atoms with van der Waals surface area (Å²) in [4.78, 5) is 19.7. The Morgan fingerprint density at radius 1 is 1.31 bits per heavy atom. The average molecular weight is 468 g/mol. The normalized spacial score (nSPS) is 15.8. The van der Waals surface area contributed by atoms with E-state index in [0.29, 0.717) is 22.8 Å². The zero-order chi connectivity index (χ0) is 20.2. The Hall–Kier alpha value is -2.53. The Labute approximate surface area is 181 Å². The number of carbonyl (C=O) groups is 1. The third kappa shape index (κ3) is 4.56. The Bertz CT molecular complexity index is 1050. The number of benzene rings is 2. The number of carbonyl (C=O) groups excluding carboxylic acids is 1. The van der Waals surface area contributed by atoms with Crippen molar-refractivity contribution in [1.82, 2.24) is 4.98 Å². The molecule has 1 aliphatic heterocycles. The van der Waals surface area contributed by atoms with Crippen molar-refractivity contribution in [2.45, 2.75) is 18.9 Å². The first kappa shape index (κ1) is 19.8. The summed E-state index contributed by atoms with van der Waals surface area (Å²) in [5.74, 6) is -0.172. The van der Waals surface area contributed by atoms with Crippen LogP contribution in [0.4, 0.5) is 5.13 Å². The first-order valence-corrected chi connectivity index (χ1v) is 11.0. The monoisotopic (exact) mass is 467 g/mol. The van der Waals surface area contributed by atoms with E-state index in [9.17, 15) is 4.79 Å². The summed E-state index contributed by atoms with van der Waals surface area (Å²) >= 11 is 4.88. The van der Waals surface area contributed by atoms with Crippen LogP contribution in [-0.2, 0) is 4.74 Å². The minimum absolute atomic E-state index is 0.00173. The number of thiazole rings is 1. The molecule has 2 heterocycles. The minimum atomic E-state index is -0.172. The van der Waals surface area contributed by atoms with Crippen LogP contribution in [0.1, 0.15) is 28.8 Å². The number of aromatic nitrogens is 1. The van der Waals surface area contributed by atoms with Crippen LogP contribution in [0.3, 0.4) is 0 Å². The topological polar surface area (TPSA) is 66.2 Å². The standard InChI is InChI=1S/C22H18BrN3O2S/c23-18-8-6-16(7-9-18)20-14-29-22(25-20)26(13-19-5-2-10-28-19)21(27)17-4-1-3-15(11-17)12-24/h1,3-4,6-9,11,14,19H,2,5,10,13H2/t19-/m1/s1. The van der Waals surface area contributed by atoms with Crippen molar-refractivity contribution in [1.29, 1.82) is 5.26 Å². The van der Waals surface area contributed by atoms with E-state index in [1.54, 1.807) is 29.2 Å². The maximum absolute atomic E-state index is 13.3. The summed E-state index contributed by atoms with van der Waals surface area (Å²) in [5.41, 5.74) is 2.75. The number of hydrogen-bond acceptors (Lipinski definition) is 5. The lowest BCUT2D eigenvalue weighted by molar-refractivity contribution is 0.0917. The number of ether oxygens (including phenoxy) is 1. The van der Waals surface area contributed by atoms with Crippen molar-refractivity contribution >= 4 is 38.3 Å². The van der Waals surface area contributed by atoms with Crippen LogP contribution in [0.2, 0.25) is 0 Å². The highest BCUT2D eigenvalue weighted by Gasteiger charge is 2.27. The molecule has 5 nitrogen and oxygen atoms in total. The zero-order valence-electron chi connectivity index (χ0n) is 15.5. The second kappa shape index (κ2) is 8.87. The van der Waals surface area contributed by atoms with Gasteiger partial charge in [-0.05, 0) is 43.2 Å². The number of anilines is 1. The molecule has 29 heavy (non-hydrogen) atoms. The fraction of sp³-hybridized carbons (Fsp3) is 0.227.